The molecule has 13 heavy (non-hydrogen) atoms. The summed E-state index contributed by atoms with van der Waals surface area (Å²) < 4.78 is 10.7. The van der Waals surface area contributed by atoms with Gasteiger partial charge in [0.2, 0.25) is 0 Å². The van der Waals surface area contributed by atoms with Crippen molar-refractivity contribution in [3.8, 4) is 0 Å². The van der Waals surface area contributed by atoms with Crippen LogP contribution in [0.1, 0.15) is 18.8 Å². The summed E-state index contributed by atoms with van der Waals surface area (Å²) in [5, 5.41) is 9.35. The van der Waals surface area contributed by atoms with E-state index in [-0.39, 0.29) is 12.2 Å². The molecule has 3 heteroatoms. The predicted octanol–water partition coefficient (Wildman–Crippen LogP) is 1.66. The largest absolute Gasteiger partial charge is 0.466 e. The van der Waals surface area contributed by atoms with Gasteiger partial charge >= 0.3 is 0 Å². The van der Waals surface area contributed by atoms with Gasteiger partial charge in [-0.1, -0.05) is 6.08 Å². The Morgan fingerprint density at radius 2 is 2.23 bits per heavy atom. The number of furan rings is 1. The topological polar surface area (TPSA) is 42.6 Å². The van der Waals surface area contributed by atoms with E-state index in [4.69, 9.17) is 9.15 Å². The van der Waals surface area contributed by atoms with Gasteiger partial charge in [-0.15, -0.1) is 0 Å². The molecule has 0 spiro atoms. The summed E-state index contributed by atoms with van der Waals surface area (Å²) in [5.41, 5.74) is 0. The maximum Gasteiger partial charge on any atom is 0.136 e. The first-order valence-corrected chi connectivity index (χ1v) is 4.32. The van der Waals surface area contributed by atoms with Gasteiger partial charge in [0.25, 0.3) is 0 Å². The lowest BCUT2D eigenvalue weighted by atomic mass is 10.1. The first-order chi connectivity index (χ1) is 6.27. The zero-order valence-electron chi connectivity index (χ0n) is 7.38. The average molecular weight is 180 g/mol. The fourth-order valence-electron chi connectivity index (χ4n) is 1.34. The van der Waals surface area contributed by atoms with Crippen LogP contribution in [0.5, 0.6) is 0 Å². The molecule has 3 nitrogen and oxygen atoms in total. The van der Waals surface area contributed by atoms with Crippen LogP contribution in [-0.2, 0) is 4.74 Å². The third kappa shape index (κ3) is 1.66. The first-order valence-electron chi connectivity index (χ1n) is 4.32. The van der Waals surface area contributed by atoms with Gasteiger partial charge < -0.3 is 14.3 Å². The molecular weight excluding hydrogens is 168 g/mol. The van der Waals surface area contributed by atoms with Gasteiger partial charge in [0.05, 0.1) is 18.5 Å². The molecule has 3 atom stereocenters. The minimum Gasteiger partial charge on any atom is -0.466 e. The van der Waals surface area contributed by atoms with Crippen LogP contribution in [-0.4, -0.2) is 17.3 Å². The Kier molecular flexibility index (Phi) is 2.20. The Labute approximate surface area is 76.6 Å². The van der Waals surface area contributed by atoms with Crippen LogP contribution in [0.3, 0.4) is 0 Å². The Balaban J connectivity index is 2.15. The quantitative estimate of drug-likeness (QED) is 0.668. The molecule has 0 fully saturated rings. The smallest absolute Gasteiger partial charge is 0.136 e. The fraction of sp³-hybridized carbons (Fsp3) is 0.400. The van der Waals surface area contributed by atoms with Gasteiger partial charge in [-0.3, -0.25) is 0 Å². The summed E-state index contributed by atoms with van der Waals surface area (Å²) in [6.45, 7) is 1.84. The molecule has 1 aliphatic heterocycles. The van der Waals surface area contributed by atoms with Crippen molar-refractivity contribution in [2.75, 3.05) is 0 Å². The number of aliphatic hydroxyl groups is 1. The Bertz CT molecular complexity index is 289. The highest BCUT2D eigenvalue weighted by molar-refractivity contribution is 5.13. The van der Waals surface area contributed by atoms with Crippen molar-refractivity contribution in [1.82, 2.24) is 0 Å². The molecular formula is C10H12O3. The number of aliphatic hydroxyl groups excluding tert-OH is 1. The van der Waals surface area contributed by atoms with Gasteiger partial charge in [-0.2, -0.15) is 0 Å². The predicted molar refractivity (Wildman–Crippen MR) is 47.1 cm³/mol. The minimum atomic E-state index is -0.508. The zero-order chi connectivity index (χ0) is 9.26. The van der Waals surface area contributed by atoms with Gasteiger partial charge in [0, 0.05) is 0 Å². The highest BCUT2D eigenvalue weighted by atomic mass is 16.5. The third-order valence-electron chi connectivity index (χ3n) is 2.15. The zero-order valence-corrected chi connectivity index (χ0v) is 7.38. The van der Waals surface area contributed by atoms with Gasteiger partial charge in [-0.25, -0.2) is 0 Å². The van der Waals surface area contributed by atoms with Gasteiger partial charge in [-0.05, 0) is 25.1 Å². The van der Waals surface area contributed by atoms with Gasteiger partial charge in [0.1, 0.15) is 11.9 Å². The van der Waals surface area contributed by atoms with Crippen molar-refractivity contribution in [3.05, 3.63) is 36.3 Å². The van der Waals surface area contributed by atoms with E-state index in [9.17, 15) is 5.11 Å². The second-order valence-electron chi connectivity index (χ2n) is 3.15. The number of rotatable bonds is 1. The molecule has 1 aromatic rings. The summed E-state index contributed by atoms with van der Waals surface area (Å²) in [6.07, 6.45) is 4.31. The molecule has 1 aromatic heterocycles. The van der Waals surface area contributed by atoms with Gasteiger partial charge in [0.15, 0.2) is 0 Å². The van der Waals surface area contributed by atoms with Crippen molar-refractivity contribution in [2.45, 2.75) is 25.2 Å². The van der Waals surface area contributed by atoms with E-state index in [2.05, 4.69) is 0 Å². The van der Waals surface area contributed by atoms with E-state index in [1.165, 1.54) is 0 Å². The molecule has 0 bridgehead atoms. The lowest BCUT2D eigenvalue weighted by Gasteiger charge is -2.25. The van der Waals surface area contributed by atoms with Crippen molar-refractivity contribution < 1.29 is 14.3 Å². The van der Waals surface area contributed by atoms with Crippen LogP contribution in [0.15, 0.2) is 35.0 Å². The molecule has 0 radical (unpaired) electrons. The SMILES string of the molecule is CC1OC(c2ccco2)C=CC1O. The molecule has 2 heterocycles. The summed E-state index contributed by atoms with van der Waals surface area (Å²) >= 11 is 0. The highest BCUT2D eigenvalue weighted by Gasteiger charge is 2.23. The second-order valence-corrected chi connectivity index (χ2v) is 3.15. The summed E-state index contributed by atoms with van der Waals surface area (Å²) in [4.78, 5) is 0. The molecule has 3 unspecified atom stereocenters. The van der Waals surface area contributed by atoms with Crippen molar-refractivity contribution in [2.24, 2.45) is 0 Å². The molecule has 0 saturated carbocycles. The van der Waals surface area contributed by atoms with Crippen molar-refractivity contribution >= 4 is 0 Å². The average Bonchev–Trinajstić information content (AvgIpc) is 2.62. The van der Waals surface area contributed by atoms with Crippen LogP contribution in [0.25, 0.3) is 0 Å². The van der Waals surface area contributed by atoms with E-state index < -0.39 is 6.10 Å². The van der Waals surface area contributed by atoms with E-state index in [1.54, 1.807) is 12.3 Å². The van der Waals surface area contributed by atoms with E-state index >= 15 is 0 Å². The van der Waals surface area contributed by atoms with E-state index in [0.717, 1.165) is 5.76 Å². The third-order valence-corrected chi connectivity index (χ3v) is 2.15. The Hall–Kier alpha value is -1.06. The van der Waals surface area contributed by atoms with Crippen LogP contribution in [0.2, 0.25) is 0 Å². The van der Waals surface area contributed by atoms with E-state index in [0.29, 0.717) is 0 Å². The molecule has 70 valence electrons. The molecule has 0 saturated heterocycles. The second kappa shape index (κ2) is 3.36. The normalized spacial score (nSPS) is 33.5. The van der Waals surface area contributed by atoms with Crippen molar-refractivity contribution in [3.63, 3.8) is 0 Å². The molecule has 1 aliphatic rings. The monoisotopic (exact) mass is 180 g/mol. The first kappa shape index (κ1) is 8.53. The maximum atomic E-state index is 9.35. The molecule has 1 N–H and O–H groups in total. The fourth-order valence-corrected chi connectivity index (χ4v) is 1.34. The van der Waals surface area contributed by atoms with Crippen LogP contribution >= 0.6 is 0 Å². The van der Waals surface area contributed by atoms with E-state index in [1.807, 2.05) is 25.1 Å². The van der Waals surface area contributed by atoms with Crippen LogP contribution < -0.4 is 0 Å². The summed E-state index contributed by atoms with van der Waals surface area (Å²) in [6, 6.07) is 3.68. The summed E-state index contributed by atoms with van der Waals surface area (Å²) in [5.74, 6) is 0.773. The number of hydrogen-bond acceptors (Lipinski definition) is 3. The highest BCUT2D eigenvalue weighted by Crippen LogP contribution is 2.26. The molecule has 2 rings (SSSR count). The van der Waals surface area contributed by atoms with Crippen LogP contribution in [0, 0.1) is 0 Å². The lowest BCUT2D eigenvalue weighted by molar-refractivity contribution is -0.0535. The van der Waals surface area contributed by atoms with Crippen LogP contribution in [0.4, 0.5) is 0 Å². The minimum absolute atomic E-state index is 0.159. The molecule has 0 aromatic carbocycles. The maximum absolute atomic E-state index is 9.35. The number of hydrogen-bond donors (Lipinski definition) is 1. The molecule has 0 amide bonds. The molecule has 0 aliphatic carbocycles. The number of ether oxygens (including phenoxy) is 1. The van der Waals surface area contributed by atoms with Crippen molar-refractivity contribution in [1.29, 1.82) is 0 Å². The standard InChI is InChI=1S/C10H12O3/c1-7-8(11)4-5-10(13-7)9-3-2-6-12-9/h2-8,10-11H,1H3. The lowest BCUT2D eigenvalue weighted by Crippen LogP contribution is -2.29. The Morgan fingerprint density at radius 3 is 2.85 bits per heavy atom. The summed E-state index contributed by atoms with van der Waals surface area (Å²) in [7, 11) is 0. The Morgan fingerprint density at radius 1 is 1.38 bits per heavy atom.